The standard InChI is InChI=1S/C20H28N4O4/c1-3-28-17-8-5-4-7-16(17)22-11-13-23(14-12-22)18(25)9-6-10-24-19(26)15-21(2)20(24)27/h4-5,7-8H,3,6,9-15H2,1-2H3. The highest BCUT2D eigenvalue weighted by atomic mass is 16.5. The lowest BCUT2D eigenvalue weighted by atomic mass is 10.2. The number of benzene rings is 1. The maximum atomic E-state index is 12.5. The average Bonchev–Trinajstić information content (AvgIpc) is 2.94. The van der Waals surface area contributed by atoms with E-state index < -0.39 is 0 Å². The molecule has 8 nitrogen and oxygen atoms in total. The molecule has 0 spiro atoms. The first-order valence-corrected chi connectivity index (χ1v) is 9.81. The lowest BCUT2D eigenvalue weighted by Crippen LogP contribution is -2.49. The number of para-hydroxylation sites is 2. The number of hydrogen-bond donors (Lipinski definition) is 0. The molecule has 0 aromatic heterocycles. The molecule has 8 heteroatoms. The number of urea groups is 1. The normalized spacial score (nSPS) is 17.5. The average molecular weight is 388 g/mol. The Bertz CT molecular complexity index is 731. The Morgan fingerprint density at radius 3 is 2.46 bits per heavy atom. The molecule has 28 heavy (non-hydrogen) atoms. The van der Waals surface area contributed by atoms with Crippen LogP contribution in [0.2, 0.25) is 0 Å². The molecule has 2 heterocycles. The minimum atomic E-state index is -0.279. The minimum Gasteiger partial charge on any atom is -0.492 e. The van der Waals surface area contributed by atoms with E-state index in [1.165, 1.54) is 9.80 Å². The third-order valence-electron chi connectivity index (χ3n) is 5.14. The topological polar surface area (TPSA) is 73.4 Å². The van der Waals surface area contributed by atoms with Crippen LogP contribution in [0.4, 0.5) is 10.5 Å². The molecular formula is C20H28N4O4. The van der Waals surface area contributed by atoms with Gasteiger partial charge in [-0.1, -0.05) is 12.1 Å². The molecule has 0 atom stereocenters. The van der Waals surface area contributed by atoms with Crippen LogP contribution in [0.3, 0.4) is 0 Å². The van der Waals surface area contributed by atoms with Crippen LogP contribution < -0.4 is 9.64 Å². The van der Waals surface area contributed by atoms with Crippen LogP contribution >= 0.6 is 0 Å². The minimum absolute atomic E-state index is 0.0743. The summed E-state index contributed by atoms with van der Waals surface area (Å²) >= 11 is 0. The lowest BCUT2D eigenvalue weighted by Gasteiger charge is -2.36. The van der Waals surface area contributed by atoms with Gasteiger partial charge in [0.05, 0.1) is 12.3 Å². The lowest BCUT2D eigenvalue weighted by molar-refractivity contribution is -0.132. The summed E-state index contributed by atoms with van der Waals surface area (Å²) in [5.74, 6) is 0.751. The maximum Gasteiger partial charge on any atom is 0.326 e. The third-order valence-corrected chi connectivity index (χ3v) is 5.14. The van der Waals surface area contributed by atoms with Gasteiger partial charge in [-0.25, -0.2) is 4.79 Å². The van der Waals surface area contributed by atoms with Gasteiger partial charge in [0.15, 0.2) is 0 Å². The molecule has 0 N–H and O–H groups in total. The Hall–Kier alpha value is -2.77. The monoisotopic (exact) mass is 388 g/mol. The molecule has 3 rings (SSSR count). The van der Waals surface area contributed by atoms with Crippen LogP contribution in [0.1, 0.15) is 19.8 Å². The number of amides is 4. The van der Waals surface area contributed by atoms with E-state index >= 15 is 0 Å². The van der Waals surface area contributed by atoms with Crippen LogP contribution in [-0.4, -0.2) is 85.5 Å². The van der Waals surface area contributed by atoms with E-state index in [-0.39, 0.29) is 24.4 Å². The first-order chi connectivity index (χ1) is 13.5. The Labute approximate surface area is 165 Å². The molecule has 2 fully saturated rings. The number of nitrogens with zero attached hydrogens (tertiary/aromatic N) is 4. The van der Waals surface area contributed by atoms with Gasteiger partial charge in [-0.15, -0.1) is 0 Å². The summed E-state index contributed by atoms with van der Waals surface area (Å²) in [6, 6.07) is 7.69. The van der Waals surface area contributed by atoms with Gasteiger partial charge in [-0.05, 0) is 25.5 Å². The molecule has 2 aliphatic heterocycles. The van der Waals surface area contributed by atoms with Crippen LogP contribution in [0.15, 0.2) is 24.3 Å². The second-order valence-corrected chi connectivity index (χ2v) is 7.06. The fraction of sp³-hybridized carbons (Fsp3) is 0.550. The zero-order valence-corrected chi connectivity index (χ0v) is 16.6. The van der Waals surface area contributed by atoms with Crippen molar-refractivity contribution in [1.29, 1.82) is 0 Å². The van der Waals surface area contributed by atoms with Gasteiger partial charge in [0, 0.05) is 46.2 Å². The number of piperazine rings is 1. The largest absolute Gasteiger partial charge is 0.492 e. The first kappa shape index (κ1) is 20.0. The summed E-state index contributed by atoms with van der Waals surface area (Å²) in [6.45, 7) is 5.83. The fourth-order valence-electron chi connectivity index (χ4n) is 3.63. The summed E-state index contributed by atoms with van der Waals surface area (Å²) in [7, 11) is 1.61. The van der Waals surface area contributed by atoms with E-state index in [1.807, 2.05) is 36.1 Å². The number of likely N-dealkylation sites (N-methyl/N-ethyl adjacent to an activating group) is 1. The predicted octanol–water partition coefficient (Wildman–Crippen LogP) is 1.41. The number of hydrogen-bond acceptors (Lipinski definition) is 5. The molecule has 0 bridgehead atoms. The zero-order valence-electron chi connectivity index (χ0n) is 16.6. The second-order valence-electron chi connectivity index (χ2n) is 7.06. The van der Waals surface area contributed by atoms with Crippen LogP contribution in [-0.2, 0) is 9.59 Å². The van der Waals surface area contributed by atoms with Crippen molar-refractivity contribution < 1.29 is 19.1 Å². The van der Waals surface area contributed by atoms with E-state index in [1.54, 1.807) is 7.05 Å². The molecule has 0 aliphatic carbocycles. The van der Waals surface area contributed by atoms with Crippen molar-refractivity contribution in [2.45, 2.75) is 19.8 Å². The van der Waals surface area contributed by atoms with Crippen molar-refractivity contribution in [1.82, 2.24) is 14.7 Å². The summed E-state index contributed by atoms with van der Waals surface area (Å²) in [5.41, 5.74) is 1.06. The van der Waals surface area contributed by atoms with Gasteiger partial charge in [0.2, 0.25) is 11.8 Å². The van der Waals surface area contributed by atoms with Crippen LogP contribution in [0, 0.1) is 0 Å². The summed E-state index contributed by atoms with van der Waals surface area (Å²) in [6.07, 6.45) is 0.841. The molecule has 2 saturated heterocycles. The van der Waals surface area contributed by atoms with Crippen molar-refractivity contribution in [3.05, 3.63) is 24.3 Å². The molecule has 0 unspecified atom stereocenters. The zero-order chi connectivity index (χ0) is 20.1. The smallest absolute Gasteiger partial charge is 0.326 e. The first-order valence-electron chi connectivity index (χ1n) is 9.81. The fourth-order valence-corrected chi connectivity index (χ4v) is 3.63. The molecule has 4 amide bonds. The van der Waals surface area contributed by atoms with Crippen molar-refractivity contribution in [2.24, 2.45) is 0 Å². The summed E-state index contributed by atoms with van der Waals surface area (Å²) in [4.78, 5) is 42.9. The molecule has 1 aromatic rings. The van der Waals surface area contributed by atoms with E-state index in [2.05, 4.69) is 4.90 Å². The predicted molar refractivity (Wildman–Crippen MR) is 105 cm³/mol. The Balaban J connectivity index is 1.45. The van der Waals surface area contributed by atoms with E-state index in [0.29, 0.717) is 39.1 Å². The van der Waals surface area contributed by atoms with Gasteiger partial charge < -0.3 is 19.4 Å². The van der Waals surface area contributed by atoms with E-state index in [0.717, 1.165) is 24.5 Å². The van der Waals surface area contributed by atoms with Crippen LogP contribution in [0.5, 0.6) is 5.75 Å². The van der Waals surface area contributed by atoms with Crippen LogP contribution in [0.25, 0.3) is 0 Å². The Morgan fingerprint density at radius 2 is 1.82 bits per heavy atom. The van der Waals surface area contributed by atoms with Gasteiger partial charge >= 0.3 is 6.03 Å². The van der Waals surface area contributed by atoms with E-state index in [4.69, 9.17) is 4.74 Å². The molecule has 0 saturated carbocycles. The number of anilines is 1. The SMILES string of the molecule is CCOc1ccccc1N1CCN(C(=O)CCCN2C(=O)CN(C)C2=O)CC1. The quantitative estimate of drug-likeness (QED) is 0.661. The molecule has 0 radical (unpaired) electrons. The number of carbonyl (C=O) groups excluding carboxylic acids is 3. The third kappa shape index (κ3) is 4.37. The second kappa shape index (κ2) is 8.95. The number of imide groups is 1. The van der Waals surface area contributed by atoms with Crippen molar-refractivity contribution in [2.75, 3.05) is 57.8 Å². The number of carbonyl (C=O) groups is 3. The molecule has 2 aliphatic rings. The van der Waals surface area contributed by atoms with Gasteiger partial charge in [-0.3, -0.25) is 14.5 Å². The van der Waals surface area contributed by atoms with Gasteiger partial charge in [0.25, 0.3) is 0 Å². The van der Waals surface area contributed by atoms with Gasteiger partial charge in [-0.2, -0.15) is 0 Å². The maximum absolute atomic E-state index is 12.5. The molecule has 152 valence electrons. The van der Waals surface area contributed by atoms with Crippen molar-refractivity contribution in [3.63, 3.8) is 0 Å². The Kier molecular flexibility index (Phi) is 6.38. The van der Waals surface area contributed by atoms with Crippen molar-refractivity contribution in [3.8, 4) is 5.75 Å². The molecular weight excluding hydrogens is 360 g/mol. The highest BCUT2D eigenvalue weighted by Gasteiger charge is 2.33. The Morgan fingerprint density at radius 1 is 1.11 bits per heavy atom. The summed E-state index contributed by atoms with van der Waals surface area (Å²) in [5, 5.41) is 0. The molecule has 1 aromatic carbocycles. The van der Waals surface area contributed by atoms with Gasteiger partial charge in [0.1, 0.15) is 12.3 Å². The summed E-state index contributed by atoms with van der Waals surface area (Å²) < 4.78 is 5.71. The number of ether oxygens (including phenoxy) is 1. The van der Waals surface area contributed by atoms with Crippen molar-refractivity contribution >= 4 is 23.5 Å². The number of rotatable bonds is 7. The van der Waals surface area contributed by atoms with E-state index in [9.17, 15) is 14.4 Å². The highest BCUT2D eigenvalue weighted by molar-refractivity contribution is 6.01. The highest BCUT2D eigenvalue weighted by Crippen LogP contribution is 2.28.